The van der Waals surface area contributed by atoms with Gasteiger partial charge in [0.2, 0.25) is 11.8 Å². The first kappa shape index (κ1) is 16.1. The molecule has 0 unspecified atom stereocenters. The Morgan fingerprint density at radius 1 is 1.45 bits per heavy atom. The molecular formula is C14H17FN4O3. The van der Waals surface area contributed by atoms with E-state index in [0.29, 0.717) is 11.7 Å². The zero-order chi connectivity index (χ0) is 15.9. The van der Waals surface area contributed by atoms with Gasteiger partial charge in [0.05, 0.1) is 18.8 Å². The summed E-state index contributed by atoms with van der Waals surface area (Å²) in [5, 5.41) is 9.03. The lowest BCUT2D eigenvalue weighted by atomic mass is 10.2. The number of aryl methyl sites for hydroxylation is 1. The van der Waals surface area contributed by atoms with E-state index in [1.54, 1.807) is 12.1 Å². The fourth-order valence-electron chi connectivity index (χ4n) is 1.76. The lowest BCUT2D eigenvalue weighted by Crippen LogP contribution is -2.28. The zero-order valence-corrected chi connectivity index (χ0v) is 12.4. The third kappa shape index (κ3) is 4.61. The van der Waals surface area contributed by atoms with Crippen molar-refractivity contribution in [1.29, 1.82) is 0 Å². The number of carbonyl (C=O) groups excluding carboxylic acids is 1. The molecule has 0 saturated carbocycles. The van der Waals surface area contributed by atoms with Gasteiger partial charge in [-0.3, -0.25) is 10.1 Å². The number of anilines is 1. The van der Waals surface area contributed by atoms with Crippen molar-refractivity contribution >= 4 is 11.6 Å². The molecule has 118 valence electrons. The van der Waals surface area contributed by atoms with Crippen LogP contribution in [0.4, 0.5) is 10.1 Å². The van der Waals surface area contributed by atoms with Gasteiger partial charge in [-0.05, 0) is 24.6 Å². The molecule has 2 aromatic rings. The van der Waals surface area contributed by atoms with Crippen LogP contribution in [0.2, 0.25) is 0 Å². The lowest BCUT2D eigenvalue weighted by molar-refractivity contribution is -0.115. The lowest BCUT2D eigenvalue weighted by Gasteiger charge is -2.07. The molecule has 2 N–H and O–H groups in total. The van der Waals surface area contributed by atoms with Gasteiger partial charge >= 0.3 is 0 Å². The van der Waals surface area contributed by atoms with E-state index in [9.17, 15) is 9.18 Å². The van der Waals surface area contributed by atoms with Gasteiger partial charge in [0.15, 0.2) is 5.82 Å². The van der Waals surface area contributed by atoms with Crippen LogP contribution >= 0.6 is 0 Å². The van der Waals surface area contributed by atoms with E-state index in [-0.39, 0.29) is 31.3 Å². The number of hydrogen-bond donors (Lipinski definition) is 2. The molecule has 0 aliphatic heterocycles. The van der Waals surface area contributed by atoms with Gasteiger partial charge in [-0.2, -0.15) is 4.98 Å². The van der Waals surface area contributed by atoms with E-state index in [0.717, 1.165) is 5.56 Å². The molecule has 0 aliphatic carbocycles. The van der Waals surface area contributed by atoms with Crippen LogP contribution in [0.5, 0.6) is 0 Å². The van der Waals surface area contributed by atoms with Gasteiger partial charge < -0.3 is 14.6 Å². The Morgan fingerprint density at radius 2 is 2.27 bits per heavy atom. The first-order valence-electron chi connectivity index (χ1n) is 6.65. The third-order valence-corrected chi connectivity index (χ3v) is 2.74. The molecule has 0 saturated heterocycles. The Hall–Kier alpha value is -2.32. The van der Waals surface area contributed by atoms with Crippen LogP contribution in [0, 0.1) is 12.7 Å². The summed E-state index contributed by atoms with van der Waals surface area (Å²) < 4.78 is 23.3. The molecule has 7 nitrogen and oxygen atoms in total. The molecule has 0 radical (unpaired) electrons. The molecule has 0 atom stereocenters. The summed E-state index contributed by atoms with van der Waals surface area (Å²) in [6.07, 6.45) is 0. The summed E-state index contributed by atoms with van der Waals surface area (Å²) in [5.74, 6) is -0.0478. The summed E-state index contributed by atoms with van der Waals surface area (Å²) in [5.41, 5.74) is 1.02. The molecule has 1 aromatic heterocycles. The van der Waals surface area contributed by atoms with Crippen molar-refractivity contribution in [1.82, 2.24) is 15.5 Å². The van der Waals surface area contributed by atoms with E-state index in [1.807, 2.05) is 6.92 Å². The van der Waals surface area contributed by atoms with Crippen LogP contribution in [0.3, 0.4) is 0 Å². The van der Waals surface area contributed by atoms with E-state index in [2.05, 4.69) is 20.8 Å². The minimum atomic E-state index is -0.472. The highest BCUT2D eigenvalue weighted by atomic mass is 19.1. The third-order valence-electron chi connectivity index (χ3n) is 2.74. The van der Waals surface area contributed by atoms with Crippen molar-refractivity contribution in [2.45, 2.75) is 20.1 Å². The van der Waals surface area contributed by atoms with Crippen LogP contribution in [0.25, 0.3) is 0 Å². The van der Waals surface area contributed by atoms with E-state index >= 15 is 0 Å². The Balaban J connectivity index is 1.78. The van der Waals surface area contributed by atoms with Crippen LogP contribution in [0.15, 0.2) is 22.7 Å². The minimum Gasteiger partial charge on any atom is -0.377 e. The Labute approximate surface area is 126 Å². The second kappa shape index (κ2) is 7.62. The van der Waals surface area contributed by atoms with E-state index < -0.39 is 5.82 Å². The topological polar surface area (TPSA) is 89.3 Å². The number of carbonyl (C=O) groups is 1. The summed E-state index contributed by atoms with van der Waals surface area (Å²) in [4.78, 5) is 15.8. The molecule has 22 heavy (non-hydrogen) atoms. The fourth-order valence-corrected chi connectivity index (χ4v) is 1.76. The molecule has 2 rings (SSSR count). The fraction of sp³-hybridized carbons (Fsp3) is 0.357. The van der Waals surface area contributed by atoms with Gasteiger partial charge in [0.25, 0.3) is 0 Å². The first-order valence-corrected chi connectivity index (χ1v) is 6.65. The summed E-state index contributed by atoms with van der Waals surface area (Å²) in [7, 11) is 1.53. The molecule has 1 aromatic carbocycles. The normalized spacial score (nSPS) is 10.7. The largest absolute Gasteiger partial charge is 0.377 e. The number of rotatable bonds is 7. The minimum absolute atomic E-state index is 0.00459. The molecule has 1 heterocycles. The van der Waals surface area contributed by atoms with E-state index in [1.165, 1.54) is 13.2 Å². The van der Waals surface area contributed by atoms with Gasteiger partial charge in [-0.15, -0.1) is 0 Å². The average molecular weight is 308 g/mol. The van der Waals surface area contributed by atoms with Crippen LogP contribution in [0.1, 0.15) is 17.3 Å². The molecule has 0 bridgehead atoms. The standard InChI is InChI=1S/C14H17FN4O3/c1-9-3-4-10(15)11(5-9)17-13(20)6-16-7-14-18-12(8-21-2)19-22-14/h3-5,16H,6-8H2,1-2H3,(H,17,20). The summed E-state index contributed by atoms with van der Waals surface area (Å²) in [6, 6.07) is 4.52. The molecule has 0 fully saturated rings. The highest BCUT2D eigenvalue weighted by Gasteiger charge is 2.09. The monoisotopic (exact) mass is 308 g/mol. The number of halogens is 1. The number of methoxy groups -OCH3 is 1. The maximum atomic E-state index is 13.5. The summed E-state index contributed by atoms with van der Waals surface area (Å²) in [6.45, 7) is 2.31. The predicted octanol–water partition coefficient (Wildman–Crippen LogP) is 1.39. The molecular weight excluding hydrogens is 291 g/mol. The number of aromatic nitrogens is 2. The Kier molecular flexibility index (Phi) is 5.56. The van der Waals surface area contributed by atoms with Gasteiger partial charge in [-0.1, -0.05) is 11.2 Å². The molecule has 8 heteroatoms. The number of nitrogens with zero attached hydrogens (tertiary/aromatic N) is 2. The first-order chi connectivity index (χ1) is 10.6. The second-order valence-corrected chi connectivity index (χ2v) is 4.67. The Bertz CT molecular complexity index is 645. The van der Waals surface area contributed by atoms with Crippen LogP contribution in [-0.4, -0.2) is 29.7 Å². The van der Waals surface area contributed by atoms with Crippen molar-refractivity contribution < 1.29 is 18.4 Å². The highest BCUT2D eigenvalue weighted by Crippen LogP contribution is 2.15. The number of ether oxygens (including phenoxy) is 1. The maximum Gasteiger partial charge on any atom is 0.240 e. The van der Waals surface area contributed by atoms with Crippen LogP contribution < -0.4 is 10.6 Å². The SMILES string of the molecule is COCc1noc(CNCC(=O)Nc2cc(C)ccc2F)n1. The van der Waals surface area contributed by atoms with Gasteiger partial charge in [0.1, 0.15) is 12.4 Å². The van der Waals surface area contributed by atoms with Crippen molar-refractivity contribution in [2.75, 3.05) is 19.0 Å². The molecule has 0 spiro atoms. The number of nitrogens with one attached hydrogen (secondary N) is 2. The number of hydrogen-bond acceptors (Lipinski definition) is 6. The number of amides is 1. The molecule has 0 aliphatic rings. The van der Waals surface area contributed by atoms with E-state index in [4.69, 9.17) is 9.26 Å². The van der Waals surface area contributed by atoms with Gasteiger partial charge in [0, 0.05) is 7.11 Å². The zero-order valence-electron chi connectivity index (χ0n) is 12.4. The average Bonchev–Trinajstić information content (AvgIpc) is 2.91. The van der Waals surface area contributed by atoms with Crippen molar-refractivity contribution in [3.05, 3.63) is 41.3 Å². The second-order valence-electron chi connectivity index (χ2n) is 4.67. The summed E-state index contributed by atoms with van der Waals surface area (Å²) >= 11 is 0. The quantitative estimate of drug-likeness (QED) is 0.803. The number of benzene rings is 1. The Morgan fingerprint density at radius 3 is 3.05 bits per heavy atom. The van der Waals surface area contributed by atoms with Crippen LogP contribution in [-0.2, 0) is 22.7 Å². The predicted molar refractivity (Wildman–Crippen MR) is 76.5 cm³/mol. The molecule has 1 amide bonds. The van der Waals surface area contributed by atoms with Crippen molar-refractivity contribution in [3.63, 3.8) is 0 Å². The smallest absolute Gasteiger partial charge is 0.240 e. The van der Waals surface area contributed by atoms with Crippen molar-refractivity contribution in [2.24, 2.45) is 0 Å². The van der Waals surface area contributed by atoms with Gasteiger partial charge in [-0.25, -0.2) is 4.39 Å². The highest BCUT2D eigenvalue weighted by molar-refractivity contribution is 5.92. The van der Waals surface area contributed by atoms with Crippen molar-refractivity contribution in [3.8, 4) is 0 Å². The maximum absolute atomic E-state index is 13.5.